The standard InChI is InChI=1S/C19H15ClN4OS3/c1-10-11(2)28-18-16(10)17(21-9-22-18)26-8-15(25)24-19-23-14(7-27-19)12-3-5-13(20)6-4-12/h3-7,9H,8H2,1-2H3,(H,23,24,25). The highest BCUT2D eigenvalue weighted by Crippen LogP contribution is 2.34. The highest BCUT2D eigenvalue weighted by atomic mass is 35.5. The van der Waals surface area contributed by atoms with E-state index in [2.05, 4.69) is 34.1 Å². The number of hydrogen-bond donors (Lipinski definition) is 1. The minimum absolute atomic E-state index is 0.113. The summed E-state index contributed by atoms with van der Waals surface area (Å²) in [6.07, 6.45) is 1.55. The van der Waals surface area contributed by atoms with E-state index < -0.39 is 0 Å². The van der Waals surface area contributed by atoms with E-state index in [9.17, 15) is 4.79 Å². The van der Waals surface area contributed by atoms with Crippen LogP contribution in [0.15, 0.2) is 41.0 Å². The Morgan fingerprint density at radius 2 is 2.00 bits per heavy atom. The minimum Gasteiger partial charge on any atom is -0.301 e. The number of thiophene rings is 1. The van der Waals surface area contributed by atoms with Crippen LogP contribution in [0.3, 0.4) is 0 Å². The van der Waals surface area contributed by atoms with Crippen molar-refractivity contribution in [2.24, 2.45) is 0 Å². The summed E-state index contributed by atoms with van der Waals surface area (Å²) in [7, 11) is 0. The second-order valence-electron chi connectivity index (χ2n) is 6.02. The van der Waals surface area contributed by atoms with E-state index in [0.717, 1.165) is 26.5 Å². The maximum atomic E-state index is 12.4. The average Bonchev–Trinajstić information content (AvgIpc) is 3.26. The normalized spacial score (nSPS) is 11.1. The van der Waals surface area contributed by atoms with E-state index in [0.29, 0.717) is 10.2 Å². The Morgan fingerprint density at radius 1 is 1.21 bits per heavy atom. The molecule has 0 radical (unpaired) electrons. The van der Waals surface area contributed by atoms with Crippen molar-refractivity contribution in [3.05, 3.63) is 51.4 Å². The van der Waals surface area contributed by atoms with Crippen LogP contribution in [0.2, 0.25) is 5.02 Å². The molecule has 3 aromatic heterocycles. The third-order valence-electron chi connectivity index (χ3n) is 4.16. The molecular formula is C19H15ClN4OS3. The molecule has 1 amide bonds. The molecule has 0 aliphatic heterocycles. The molecule has 0 aliphatic carbocycles. The van der Waals surface area contributed by atoms with Crippen LogP contribution in [0.25, 0.3) is 21.5 Å². The molecule has 0 spiro atoms. The molecule has 0 aliphatic rings. The molecule has 0 saturated heterocycles. The third kappa shape index (κ3) is 4.05. The fourth-order valence-corrected chi connectivity index (χ4v) is 5.41. The predicted molar refractivity (Wildman–Crippen MR) is 119 cm³/mol. The van der Waals surface area contributed by atoms with Gasteiger partial charge in [0.15, 0.2) is 5.13 Å². The highest BCUT2D eigenvalue weighted by Gasteiger charge is 2.14. The largest absolute Gasteiger partial charge is 0.301 e. The van der Waals surface area contributed by atoms with Crippen molar-refractivity contribution in [3.63, 3.8) is 0 Å². The summed E-state index contributed by atoms with van der Waals surface area (Å²) in [5, 5.41) is 7.91. The number of nitrogens with zero attached hydrogens (tertiary/aromatic N) is 3. The van der Waals surface area contributed by atoms with Crippen LogP contribution >= 0.6 is 46.0 Å². The molecule has 0 fully saturated rings. The number of rotatable bonds is 5. The highest BCUT2D eigenvalue weighted by molar-refractivity contribution is 8.00. The van der Waals surface area contributed by atoms with Gasteiger partial charge in [-0.3, -0.25) is 4.79 Å². The molecule has 0 saturated carbocycles. The smallest absolute Gasteiger partial charge is 0.236 e. The molecule has 4 aromatic rings. The fraction of sp³-hybridized carbons (Fsp3) is 0.158. The van der Waals surface area contributed by atoms with E-state index in [-0.39, 0.29) is 11.7 Å². The van der Waals surface area contributed by atoms with Gasteiger partial charge in [0.1, 0.15) is 16.2 Å². The van der Waals surface area contributed by atoms with Crippen molar-refractivity contribution < 1.29 is 4.79 Å². The number of hydrogen-bond acceptors (Lipinski definition) is 7. The van der Waals surface area contributed by atoms with Crippen LogP contribution in [0.5, 0.6) is 0 Å². The van der Waals surface area contributed by atoms with Crippen LogP contribution in [0, 0.1) is 13.8 Å². The van der Waals surface area contributed by atoms with Crippen LogP contribution in [0.1, 0.15) is 10.4 Å². The van der Waals surface area contributed by atoms with Gasteiger partial charge in [-0.25, -0.2) is 15.0 Å². The molecular weight excluding hydrogens is 432 g/mol. The number of thiazole rings is 1. The summed E-state index contributed by atoms with van der Waals surface area (Å²) in [6, 6.07) is 7.46. The van der Waals surface area contributed by atoms with E-state index in [1.165, 1.54) is 33.5 Å². The van der Waals surface area contributed by atoms with Crippen molar-refractivity contribution in [3.8, 4) is 11.3 Å². The van der Waals surface area contributed by atoms with Gasteiger partial charge in [0.05, 0.1) is 11.4 Å². The van der Waals surface area contributed by atoms with Crippen LogP contribution in [-0.4, -0.2) is 26.6 Å². The number of aromatic nitrogens is 3. The van der Waals surface area contributed by atoms with Crippen LogP contribution in [-0.2, 0) is 4.79 Å². The Labute approximate surface area is 179 Å². The Kier molecular flexibility index (Phi) is 5.63. The van der Waals surface area contributed by atoms with Crippen molar-refractivity contribution in [2.75, 3.05) is 11.1 Å². The first kappa shape index (κ1) is 19.3. The van der Waals surface area contributed by atoms with Gasteiger partial charge in [-0.1, -0.05) is 35.5 Å². The molecule has 1 N–H and O–H groups in total. The van der Waals surface area contributed by atoms with Crippen LogP contribution in [0.4, 0.5) is 5.13 Å². The summed E-state index contributed by atoms with van der Waals surface area (Å²) in [6.45, 7) is 4.14. The van der Waals surface area contributed by atoms with Crippen molar-refractivity contribution in [1.82, 2.24) is 15.0 Å². The van der Waals surface area contributed by atoms with Gasteiger partial charge in [-0.2, -0.15) is 0 Å². The molecule has 142 valence electrons. The zero-order valence-electron chi connectivity index (χ0n) is 15.0. The Hall–Kier alpha value is -2.00. The maximum absolute atomic E-state index is 12.4. The number of halogens is 1. The number of fused-ring (bicyclic) bond motifs is 1. The van der Waals surface area contributed by atoms with Crippen molar-refractivity contribution in [2.45, 2.75) is 18.9 Å². The van der Waals surface area contributed by atoms with Gasteiger partial charge in [-0.05, 0) is 31.5 Å². The molecule has 0 unspecified atom stereocenters. The topological polar surface area (TPSA) is 67.8 Å². The summed E-state index contributed by atoms with van der Waals surface area (Å²) in [4.78, 5) is 27.7. The molecule has 4 rings (SSSR count). The lowest BCUT2D eigenvalue weighted by Gasteiger charge is -2.03. The molecule has 1 aromatic carbocycles. The Morgan fingerprint density at radius 3 is 2.79 bits per heavy atom. The van der Waals surface area contributed by atoms with E-state index in [1.54, 1.807) is 17.7 Å². The van der Waals surface area contributed by atoms with Gasteiger partial charge in [-0.15, -0.1) is 22.7 Å². The quantitative estimate of drug-likeness (QED) is 0.309. The van der Waals surface area contributed by atoms with E-state index in [1.807, 2.05) is 29.6 Å². The molecule has 9 heteroatoms. The summed E-state index contributed by atoms with van der Waals surface area (Å²) in [5.41, 5.74) is 2.95. The van der Waals surface area contributed by atoms with Crippen molar-refractivity contribution in [1.29, 1.82) is 0 Å². The molecule has 3 heterocycles. The number of carbonyl (C=O) groups excluding carboxylic acids is 1. The second-order valence-corrected chi connectivity index (χ2v) is 9.49. The van der Waals surface area contributed by atoms with Gasteiger partial charge < -0.3 is 5.32 Å². The number of aryl methyl sites for hydroxylation is 2. The summed E-state index contributed by atoms with van der Waals surface area (Å²) in [5.74, 6) is 0.148. The molecule has 5 nitrogen and oxygen atoms in total. The SMILES string of the molecule is Cc1sc2ncnc(SCC(=O)Nc3nc(-c4ccc(Cl)cc4)cs3)c2c1C. The molecule has 28 heavy (non-hydrogen) atoms. The number of carbonyl (C=O) groups is 1. The number of amides is 1. The monoisotopic (exact) mass is 446 g/mol. The zero-order valence-corrected chi connectivity index (χ0v) is 18.2. The van der Waals surface area contributed by atoms with Gasteiger partial charge in [0.25, 0.3) is 0 Å². The lowest BCUT2D eigenvalue weighted by atomic mass is 10.2. The van der Waals surface area contributed by atoms with E-state index in [4.69, 9.17) is 11.6 Å². The predicted octanol–water partition coefficient (Wildman–Crippen LogP) is 5.82. The van der Waals surface area contributed by atoms with Crippen molar-refractivity contribution >= 4 is 67.3 Å². The van der Waals surface area contributed by atoms with Gasteiger partial charge in [0.2, 0.25) is 5.91 Å². The molecule has 0 atom stereocenters. The number of anilines is 1. The average molecular weight is 447 g/mol. The zero-order chi connectivity index (χ0) is 19.7. The molecule has 0 bridgehead atoms. The van der Waals surface area contributed by atoms with Gasteiger partial charge >= 0.3 is 0 Å². The summed E-state index contributed by atoms with van der Waals surface area (Å²) < 4.78 is 0. The van der Waals surface area contributed by atoms with E-state index >= 15 is 0 Å². The lowest BCUT2D eigenvalue weighted by molar-refractivity contribution is -0.113. The lowest BCUT2D eigenvalue weighted by Crippen LogP contribution is -2.14. The fourth-order valence-electron chi connectivity index (χ4n) is 2.63. The first-order valence-electron chi connectivity index (χ1n) is 8.36. The minimum atomic E-state index is -0.113. The Balaban J connectivity index is 1.42. The number of benzene rings is 1. The van der Waals surface area contributed by atoms with Crippen LogP contribution < -0.4 is 5.32 Å². The third-order valence-corrected chi connectivity index (χ3v) is 7.28. The first-order chi connectivity index (χ1) is 13.5. The van der Waals surface area contributed by atoms with Gasteiger partial charge in [0, 0.05) is 26.2 Å². The number of thioether (sulfide) groups is 1. The Bertz CT molecular complexity index is 1150. The summed E-state index contributed by atoms with van der Waals surface area (Å²) >= 11 is 10.4. The number of nitrogens with one attached hydrogen (secondary N) is 1. The maximum Gasteiger partial charge on any atom is 0.236 e. The second kappa shape index (κ2) is 8.16. The first-order valence-corrected chi connectivity index (χ1v) is 11.4.